The minimum Gasteiger partial charge on any atom is -0.377 e. The van der Waals surface area contributed by atoms with E-state index in [2.05, 4.69) is 58.3 Å². The molecule has 86 valence electrons. The summed E-state index contributed by atoms with van der Waals surface area (Å²) in [6.07, 6.45) is 3.16. The number of hydrogen-bond donors (Lipinski definition) is 2. The monoisotopic (exact) mass is 242 g/mol. The van der Waals surface area contributed by atoms with Crippen LogP contribution in [0.1, 0.15) is 5.56 Å². The van der Waals surface area contributed by atoms with Crippen LogP contribution >= 0.6 is 11.3 Å². The van der Waals surface area contributed by atoms with Crippen LogP contribution < -0.4 is 5.32 Å². The number of rotatable bonds is 4. The molecule has 0 saturated carbocycles. The quantitative estimate of drug-likeness (QED) is 0.714. The van der Waals surface area contributed by atoms with Crippen LogP contribution in [0.2, 0.25) is 0 Å². The summed E-state index contributed by atoms with van der Waals surface area (Å²) in [7, 11) is 0. The summed E-state index contributed by atoms with van der Waals surface area (Å²) in [6, 6.07) is 12.6. The van der Waals surface area contributed by atoms with Crippen molar-refractivity contribution < 1.29 is 0 Å². The van der Waals surface area contributed by atoms with Crippen molar-refractivity contribution in [2.45, 2.75) is 6.42 Å². The molecule has 0 amide bonds. The first-order valence-electron chi connectivity index (χ1n) is 5.76. The number of thiophene rings is 1. The Balaban J connectivity index is 1.69. The molecule has 0 unspecified atom stereocenters. The first-order chi connectivity index (χ1) is 8.43. The smallest absolute Gasteiger partial charge is 0.0882 e. The summed E-state index contributed by atoms with van der Waals surface area (Å²) >= 11 is 1.74. The molecule has 3 heteroatoms. The molecule has 2 aromatic heterocycles. The molecule has 0 aliphatic heterocycles. The molecule has 17 heavy (non-hydrogen) atoms. The number of H-pyrrole nitrogens is 1. The standard InChI is InChI=1S/C14H14N2S/c1-2-5-13-12(4-1)11(10-16-13)7-8-15-14-6-3-9-17-14/h1-6,9-10,15-16H,7-8H2. The molecule has 1 aromatic carbocycles. The molecule has 0 radical (unpaired) electrons. The van der Waals surface area contributed by atoms with Gasteiger partial charge >= 0.3 is 0 Å². The Kier molecular flexibility index (Phi) is 2.84. The molecule has 0 spiro atoms. The predicted octanol–water partition coefficient (Wildman–Crippen LogP) is 3.88. The van der Waals surface area contributed by atoms with Gasteiger partial charge in [-0.3, -0.25) is 0 Å². The number of aromatic nitrogens is 1. The lowest BCUT2D eigenvalue weighted by Crippen LogP contribution is -2.02. The van der Waals surface area contributed by atoms with Crippen LogP contribution in [0.3, 0.4) is 0 Å². The molecule has 0 fully saturated rings. The highest BCUT2D eigenvalue weighted by Gasteiger charge is 2.02. The third-order valence-electron chi connectivity index (χ3n) is 2.89. The first kappa shape index (κ1) is 10.4. The third-order valence-corrected chi connectivity index (χ3v) is 3.72. The number of benzene rings is 1. The second-order valence-corrected chi connectivity index (χ2v) is 4.96. The second-order valence-electron chi connectivity index (χ2n) is 4.01. The zero-order valence-electron chi connectivity index (χ0n) is 9.44. The number of fused-ring (bicyclic) bond motifs is 1. The van der Waals surface area contributed by atoms with Gasteiger partial charge in [0.1, 0.15) is 0 Å². The summed E-state index contributed by atoms with van der Waals surface area (Å²) < 4.78 is 0. The van der Waals surface area contributed by atoms with Crippen molar-refractivity contribution in [3.05, 3.63) is 53.5 Å². The van der Waals surface area contributed by atoms with E-state index in [1.807, 2.05) is 0 Å². The van der Waals surface area contributed by atoms with Crippen LogP contribution in [0, 0.1) is 0 Å². The Bertz CT molecular complexity index is 596. The Morgan fingerprint density at radius 2 is 2.06 bits per heavy atom. The van der Waals surface area contributed by atoms with Gasteiger partial charge < -0.3 is 10.3 Å². The first-order valence-corrected chi connectivity index (χ1v) is 6.64. The maximum absolute atomic E-state index is 3.43. The van der Waals surface area contributed by atoms with E-state index in [4.69, 9.17) is 0 Å². The van der Waals surface area contributed by atoms with E-state index in [1.165, 1.54) is 21.5 Å². The van der Waals surface area contributed by atoms with Crippen molar-refractivity contribution in [2.24, 2.45) is 0 Å². The van der Waals surface area contributed by atoms with Crippen molar-refractivity contribution in [3.8, 4) is 0 Å². The fourth-order valence-corrected chi connectivity index (χ4v) is 2.68. The molecule has 3 aromatic rings. The Morgan fingerprint density at radius 1 is 1.12 bits per heavy atom. The molecule has 0 atom stereocenters. The van der Waals surface area contributed by atoms with Gasteiger partial charge in [0.25, 0.3) is 0 Å². The number of nitrogens with one attached hydrogen (secondary N) is 2. The number of aromatic amines is 1. The van der Waals surface area contributed by atoms with E-state index in [0.717, 1.165) is 13.0 Å². The van der Waals surface area contributed by atoms with Crippen molar-refractivity contribution >= 4 is 27.2 Å². The van der Waals surface area contributed by atoms with E-state index in [-0.39, 0.29) is 0 Å². The van der Waals surface area contributed by atoms with Gasteiger partial charge in [0.05, 0.1) is 5.00 Å². The summed E-state index contributed by atoms with van der Waals surface area (Å²) in [5.41, 5.74) is 2.60. The lowest BCUT2D eigenvalue weighted by atomic mass is 10.1. The van der Waals surface area contributed by atoms with Crippen LogP contribution in [-0.2, 0) is 6.42 Å². The fourth-order valence-electron chi connectivity index (χ4n) is 2.04. The van der Waals surface area contributed by atoms with Gasteiger partial charge in [-0.15, -0.1) is 11.3 Å². The maximum Gasteiger partial charge on any atom is 0.0882 e. The molecule has 2 nitrogen and oxygen atoms in total. The van der Waals surface area contributed by atoms with Crippen LogP contribution in [0.25, 0.3) is 10.9 Å². The molecular weight excluding hydrogens is 228 g/mol. The normalized spacial score (nSPS) is 10.8. The minimum atomic E-state index is 0.975. The molecule has 2 heterocycles. The lowest BCUT2D eigenvalue weighted by Gasteiger charge is -2.02. The number of anilines is 1. The zero-order chi connectivity index (χ0) is 11.5. The predicted molar refractivity (Wildman–Crippen MR) is 74.8 cm³/mol. The fraction of sp³-hybridized carbons (Fsp3) is 0.143. The van der Waals surface area contributed by atoms with Gasteiger partial charge in [-0.05, 0) is 35.6 Å². The summed E-state index contributed by atoms with van der Waals surface area (Å²) in [4.78, 5) is 3.31. The van der Waals surface area contributed by atoms with Crippen molar-refractivity contribution in [1.29, 1.82) is 0 Å². The zero-order valence-corrected chi connectivity index (χ0v) is 10.3. The van der Waals surface area contributed by atoms with Crippen LogP contribution in [0.4, 0.5) is 5.00 Å². The van der Waals surface area contributed by atoms with Crippen molar-refractivity contribution in [3.63, 3.8) is 0 Å². The van der Waals surface area contributed by atoms with Crippen LogP contribution in [0.5, 0.6) is 0 Å². The highest BCUT2D eigenvalue weighted by Crippen LogP contribution is 2.19. The van der Waals surface area contributed by atoms with Gasteiger partial charge in [0, 0.05) is 23.6 Å². The minimum absolute atomic E-state index is 0.975. The molecule has 0 bridgehead atoms. The highest BCUT2D eigenvalue weighted by molar-refractivity contribution is 7.14. The summed E-state index contributed by atoms with van der Waals surface area (Å²) in [6.45, 7) is 0.975. The third kappa shape index (κ3) is 2.19. The van der Waals surface area contributed by atoms with Crippen molar-refractivity contribution in [1.82, 2.24) is 4.98 Å². The average molecular weight is 242 g/mol. The lowest BCUT2D eigenvalue weighted by molar-refractivity contribution is 1.03. The number of hydrogen-bond acceptors (Lipinski definition) is 2. The number of para-hydroxylation sites is 1. The molecule has 2 N–H and O–H groups in total. The van der Waals surface area contributed by atoms with Crippen molar-refractivity contribution in [2.75, 3.05) is 11.9 Å². The van der Waals surface area contributed by atoms with Gasteiger partial charge in [0.2, 0.25) is 0 Å². The molecular formula is C14H14N2S. The van der Waals surface area contributed by atoms with Gasteiger partial charge in [-0.25, -0.2) is 0 Å². The van der Waals surface area contributed by atoms with E-state index < -0.39 is 0 Å². The topological polar surface area (TPSA) is 27.8 Å². The van der Waals surface area contributed by atoms with E-state index >= 15 is 0 Å². The van der Waals surface area contributed by atoms with Crippen LogP contribution in [-0.4, -0.2) is 11.5 Å². The van der Waals surface area contributed by atoms with Crippen LogP contribution in [0.15, 0.2) is 48.0 Å². The molecule has 0 aliphatic rings. The highest BCUT2D eigenvalue weighted by atomic mass is 32.1. The maximum atomic E-state index is 3.43. The summed E-state index contributed by atoms with van der Waals surface area (Å²) in [5, 5.41) is 8.10. The van der Waals surface area contributed by atoms with Gasteiger partial charge in [-0.2, -0.15) is 0 Å². The van der Waals surface area contributed by atoms with E-state index in [9.17, 15) is 0 Å². The Hall–Kier alpha value is -1.74. The second kappa shape index (κ2) is 4.63. The van der Waals surface area contributed by atoms with E-state index in [1.54, 1.807) is 11.3 Å². The molecule has 0 saturated heterocycles. The van der Waals surface area contributed by atoms with Gasteiger partial charge in [-0.1, -0.05) is 18.2 Å². The molecule has 0 aliphatic carbocycles. The van der Waals surface area contributed by atoms with Gasteiger partial charge in [0.15, 0.2) is 0 Å². The SMILES string of the molecule is c1csc(NCCc2c[nH]c3ccccc23)c1. The largest absolute Gasteiger partial charge is 0.377 e. The Labute approximate surface area is 104 Å². The average Bonchev–Trinajstić information content (AvgIpc) is 2.99. The molecule has 3 rings (SSSR count). The summed E-state index contributed by atoms with van der Waals surface area (Å²) in [5.74, 6) is 0. The van der Waals surface area contributed by atoms with E-state index in [0.29, 0.717) is 0 Å². The Morgan fingerprint density at radius 3 is 2.94 bits per heavy atom.